The van der Waals surface area contributed by atoms with Crippen molar-refractivity contribution in [3.05, 3.63) is 93.2 Å². The van der Waals surface area contributed by atoms with E-state index in [1.165, 1.54) is 0 Å². The topological polar surface area (TPSA) is 61.7 Å². The van der Waals surface area contributed by atoms with Crippen LogP contribution in [-0.2, 0) is 6.61 Å². The predicted molar refractivity (Wildman–Crippen MR) is 122 cm³/mol. The lowest BCUT2D eigenvalue weighted by Crippen LogP contribution is -1.96. The van der Waals surface area contributed by atoms with Crippen LogP contribution in [0.2, 0.25) is 10.0 Å². The SMILES string of the molecule is Cc1ccc2nc(C(C#N)=Cc3ccc(OCc4ccc(Cl)cc4Cl)cc3)[nH]c2c1. The van der Waals surface area contributed by atoms with E-state index in [4.69, 9.17) is 27.9 Å². The monoisotopic (exact) mass is 433 g/mol. The average molecular weight is 434 g/mol. The second-order valence-electron chi connectivity index (χ2n) is 6.87. The highest BCUT2D eigenvalue weighted by molar-refractivity contribution is 6.35. The first-order chi connectivity index (χ1) is 14.5. The Balaban J connectivity index is 1.50. The lowest BCUT2D eigenvalue weighted by molar-refractivity contribution is 0.306. The van der Waals surface area contributed by atoms with E-state index in [1.807, 2.05) is 55.5 Å². The number of aromatic nitrogens is 2. The van der Waals surface area contributed by atoms with Crippen LogP contribution in [-0.4, -0.2) is 9.97 Å². The van der Waals surface area contributed by atoms with Gasteiger partial charge < -0.3 is 9.72 Å². The first-order valence-corrected chi connectivity index (χ1v) is 10.0. The lowest BCUT2D eigenvalue weighted by atomic mass is 10.1. The fourth-order valence-corrected chi connectivity index (χ4v) is 3.49. The number of rotatable bonds is 5. The third-order valence-electron chi connectivity index (χ3n) is 4.61. The fourth-order valence-electron chi connectivity index (χ4n) is 3.03. The molecule has 1 aromatic heterocycles. The summed E-state index contributed by atoms with van der Waals surface area (Å²) in [6.45, 7) is 2.36. The first kappa shape index (κ1) is 20.0. The predicted octanol–water partition coefficient (Wildman–Crippen LogP) is 6.82. The van der Waals surface area contributed by atoms with Crippen molar-refractivity contribution in [2.75, 3.05) is 0 Å². The van der Waals surface area contributed by atoms with Gasteiger partial charge in [-0.1, -0.05) is 47.5 Å². The number of nitrogens with zero attached hydrogens (tertiary/aromatic N) is 2. The third kappa shape index (κ3) is 4.49. The van der Waals surface area contributed by atoms with E-state index in [0.29, 0.717) is 33.8 Å². The summed E-state index contributed by atoms with van der Waals surface area (Å²) >= 11 is 12.1. The van der Waals surface area contributed by atoms with Gasteiger partial charge in [-0.25, -0.2) is 4.98 Å². The number of benzene rings is 3. The van der Waals surface area contributed by atoms with Gasteiger partial charge in [0.05, 0.1) is 16.6 Å². The van der Waals surface area contributed by atoms with E-state index in [-0.39, 0.29) is 0 Å². The van der Waals surface area contributed by atoms with Gasteiger partial charge in [-0.3, -0.25) is 0 Å². The van der Waals surface area contributed by atoms with E-state index in [2.05, 4.69) is 16.0 Å². The molecule has 0 aliphatic rings. The molecule has 0 radical (unpaired) electrons. The normalized spacial score (nSPS) is 11.5. The molecule has 0 saturated carbocycles. The molecule has 0 aliphatic heterocycles. The molecule has 4 nitrogen and oxygen atoms in total. The van der Waals surface area contributed by atoms with Gasteiger partial charge in [0.2, 0.25) is 0 Å². The van der Waals surface area contributed by atoms with Crippen LogP contribution in [0.15, 0.2) is 60.7 Å². The molecule has 4 aromatic rings. The van der Waals surface area contributed by atoms with Crippen molar-refractivity contribution in [1.82, 2.24) is 9.97 Å². The molecule has 4 rings (SSSR count). The van der Waals surface area contributed by atoms with Crippen LogP contribution >= 0.6 is 23.2 Å². The van der Waals surface area contributed by atoms with E-state index >= 15 is 0 Å². The van der Waals surface area contributed by atoms with Crippen LogP contribution in [0, 0.1) is 18.3 Å². The summed E-state index contributed by atoms with van der Waals surface area (Å²) in [6, 6.07) is 21.0. The number of aromatic amines is 1. The van der Waals surface area contributed by atoms with Crippen molar-refractivity contribution < 1.29 is 4.74 Å². The van der Waals surface area contributed by atoms with Gasteiger partial charge in [0.1, 0.15) is 24.3 Å². The smallest absolute Gasteiger partial charge is 0.149 e. The Kier molecular flexibility index (Phi) is 5.76. The van der Waals surface area contributed by atoms with Crippen molar-refractivity contribution in [3.63, 3.8) is 0 Å². The van der Waals surface area contributed by atoms with Crippen LogP contribution in [0.25, 0.3) is 22.7 Å². The summed E-state index contributed by atoms with van der Waals surface area (Å²) in [5, 5.41) is 10.8. The highest BCUT2D eigenvalue weighted by atomic mass is 35.5. The Morgan fingerprint density at radius 1 is 1.10 bits per heavy atom. The van der Waals surface area contributed by atoms with E-state index in [1.54, 1.807) is 18.2 Å². The molecule has 0 aliphatic carbocycles. The number of nitriles is 1. The summed E-state index contributed by atoms with van der Waals surface area (Å²) in [6.07, 6.45) is 1.80. The highest BCUT2D eigenvalue weighted by Gasteiger charge is 2.08. The van der Waals surface area contributed by atoms with Crippen molar-refractivity contribution in [1.29, 1.82) is 5.26 Å². The van der Waals surface area contributed by atoms with Gasteiger partial charge >= 0.3 is 0 Å². The van der Waals surface area contributed by atoms with Gasteiger partial charge in [0.15, 0.2) is 0 Å². The molecule has 0 spiro atoms. The zero-order valence-corrected chi connectivity index (χ0v) is 17.6. The molecule has 3 aromatic carbocycles. The van der Waals surface area contributed by atoms with E-state index < -0.39 is 0 Å². The molecular formula is C24H17Cl2N3O. The highest BCUT2D eigenvalue weighted by Crippen LogP contribution is 2.24. The number of imidazole rings is 1. The number of ether oxygens (including phenoxy) is 1. The second kappa shape index (κ2) is 8.62. The molecule has 0 unspecified atom stereocenters. The Labute approximate surface area is 184 Å². The molecule has 0 amide bonds. The molecule has 0 atom stereocenters. The van der Waals surface area contributed by atoms with Gasteiger partial charge in [-0.2, -0.15) is 5.26 Å². The minimum Gasteiger partial charge on any atom is -0.489 e. The molecular weight excluding hydrogens is 417 g/mol. The number of allylic oxidation sites excluding steroid dienone is 1. The summed E-state index contributed by atoms with van der Waals surface area (Å²) < 4.78 is 5.80. The zero-order valence-electron chi connectivity index (χ0n) is 16.1. The number of nitrogens with one attached hydrogen (secondary N) is 1. The van der Waals surface area contributed by atoms with E-state index in [0.717, 1.165) is 27.7 Å². The minimum atomic E-state index is 0.340. The Bertz CT molecular complexity index is 1280. The number of hydrogen-bond donors (Lipinski definition) is 1. The lowest BCUT2D eigenvalue weighted by Gasteiger charge is -2.08. The molecule has 0 saturated heterocycles. The molecule has 0 fully saturated rings. The van der Waals surface area contributed by atoms with Gasteiger partial charge in [0, 0.05) is 15.6 Å². The van der Waals surface area contributed by atoms with Crippen LogP contribution in [0.1, 0.15) is 22.5 Å². The maximum Gasteiger partial charge on any atom is 0.149 e. The molecule has 1 N–H and O–H groups in total. The number of hydrogen-bond acceptors (Lipinski definition) is 3. The number of halogens is 2. The van der Waals surface area contributed by atoms with E-state index in [9.17, 15) is 5.26 Å². The number of H-pyrrole nitrogens is 1. The molecule has 1 heterocycles. The standard InChI is InChI=1S/C24H17Cl2N3O/c1-15-2-9-22-23(10-15)29-24(28-22)18(13-27)11-16-3-7-20(8-4-16)30-14-17-5-6-19(25)12-21(17)26/h2-12H,14H2,1H3,(H,28,29). The van der Waals surface area contributed by atoms with Crippen molar-refractivity contribution in [2.24, 2.45) is 0 Å². The van der Waals surface area contributed by atoms with Gasteiger partial charge in [-0.15, -0.1) is 0 Å². The van der Waals surface area contributed by atoms with Crippen molar-refractivity contribution in [2.45, 2.75) is 13.5 Å². The summed E-state index contributed by atoms with van der Waals surface area (Å²) in [4.78, 5) is 7.74. The van der Waals surface area contributed by atoms with Crippen LogP contribution in [0.4, 0.5) is 0 Å². The van der Waals surface area contributed by atoms with Crippen molar-refractivity contribution in [3.8, 4) is 11.8 Å². The maximum atomic E-state index is 9.61. The Morgan fingerprint density at radius 2 is 1.90 bits per heavy atom. The summed E-state index contributed by atoms with van der Waals surface area (Å²) in [5.41, 5.74) is 5.08. The maximum absolute atomic E-state index is 9.61. The molecule has 6 heteroatoms. The second-order valence-corrected chi connectivity index (χ2v) is 7.71. The van der Waals surface area contributed by atoms with Crippen LogP contribution in [0.3, 0.4) is 0 Å². The zero-order chi connectivity index (χ0) is 21.1. The third-order valence-corrected chi connectivity index (χ3v) is 5.20. The number of aryl methyl sites for hydroxylation is 1. The average Bonchev–Trinajstić information content (AvgIpc) is 3.15. The first-order valence-electron chi connectivity index (χ1n) is 9.27. The Morgan fingerprint density at radius 3 is 2.63 bits per heavy atom. The van der Waals surface area contributed by atoms with Crippen molar-refractivity contribution >= 4 is 45.9 Å². The quantitative estimate of drug-likeness (QED) is 0.351. The molecule has 148 valence electrons. The summed E-state index contributed by atoms with van der Waals surface area (Å²) in [5.74, 6) is 1.26. The Hall–Kier alpha value is -3.26. The largest absolute Gasteiger partial charge is 0.489 e. The van der Waals surface area contributed by atoms with Crippen LogP contribution < -0.4 is 4.74 Å². The number of fused-ring (bicyclic) bond motifs is 1. The van der Waals surface area contributed by atoms with Gasteiger partial charge in [0.25, 0.3) is 0 Å². The van der Waals surface area contributed by atoms with Crippen LogP contribution in [0.5, 0.6) is 5.75 Å². The molecule has 30 heavy (non-hydrogen) atoms. The fraction of sp³-hybridized carbons (Fsp3) is 0.0833. The van der Waals surface area contributed by atoms with Gasteiger partial charge in [-0.05, 0) is 60.5 Å². The summed E-state index contributed by atoms with van der Waals surface area (Å²) in [7, 11) is 0. The minimum absolute atomic E-state index is 0.340. The molecule has 0 bridgehead atoms.